The van der Waals surface area contributed by atoms with Crippen molar-refractivity contribution in [1.82, 2.24) is 15.2 Å². The number of pyridine rings is 1. The van der Waals surface area contributed by atoms with Gasteiger partial charge in [-0.3, -0.25) is 0 Å². The molecule has 4 rings (SSSR count). The standard InChI is InChI=1S/C29H36N5O5/c1-7-9-10-24-32-33-28(39-24)31-25(18(3)4)27(35)34(29(36)37-6)17-22(15-19(34)5)38-26-23-16-20(8-2)11-12-21(23)13-14-30-26/h7-8,11-14,16,18-19,22,25H,1-2,9-10,15,17H2,3-6H3,(H,31,33)/q+1/t19-,22?,25+,34?/m1/s1. The van der Waals surface area contributed by atoms with E-state index in [0.717, 1.165) is 16.3 Å². The summed E-state index contributed by atoms with van der Waals surface area (Å²) in [4.78, 5) is 32.0. The number of rotatable bonds is 10. The van der Waals surface area contributed by atoms with Gasteiger partial charge < -0.3 is 19.2 Å². The van der Waals surface area contributed by atoms with Crippen molar-refractivity contribution in [2.45, 2.75) is 58.2 Å². The highest BCUT2D eigenvalue weighted by atomic mass is 16.6. The van der Waals surface area contributed by atoms with Crippen LogP contribution in [0.1, 0.15) is 45.1 Å². The third-order valence-corrected chi connectivity index (χ3v) is 7.25. The van der Waals surface area contributed by atoms with Crippen molar-refractivity contribution in [3.05, 3.63) is 61.2 Å². The van der Waals surface area contributed by atoms with Gasteiger partial charge in [0.05, 0.1) is 7.11 Å². The van der Waals surface area contributed by atoms with Crippen molar-refractivity contribution in [2.24, 2.45) is 5.92 Å². The van der Waals surface area contributed by atoms with Gasteiger partial charge in [0.25, 0.3) is 0 Å². The summed E-state index contributed by atoms with van der Waals surface area (Å²) in [6.07, 6.45) is 5.82. The number of quaternary nitrogens is 1. The number of carbonyl (C=O) groups is 2. The molecule has 1 N–H and O–H groups in total. The van der Waals surface area contributed by atoms with E-state index >= 15 is 0 Å². The average molecular weight is 535 g/mol. The summed E-state index contributed by atoms with van der Waals surface area (Å²) >= 11 is 0. The number of imide groups is 1. The maximum absolute atomic E-state index is 14.2. The van der Waals surface area contributed by atoms with Crippen molar-refractivity contribution in [2.75, 3.05) is 19.0 Å². The molecule has 2 amide bonds. The fraction of sp³-hybridized carbons (Fsp3) is 0.414. The van der Waals surface area contributed by atoms with E-state index in [1.165, 1.54) is 7.11 Å². The first-order chi connectivity index (χ1) is 18.7. The van der Waals surface area contributed by atoms with Gasteiger partial charge in [-0.2, -0.15) is 9.28 Å². The monoisotopic (exact) mass is 534 g/mol. The summed E-state index contributed by atoms with van der Waals surface area (Å²) in [6.45, 7) is 13.3. The molecule has 3 aromatic rings. The highest BCUT2D eigenvalue weighted by Crippen LogP contribution is 2.35. The van der Waals surface area contributed by atoms with Gasteiger partial charge in [0.15, 0.2) is 6.10 Å². The number of hydrogen-bond donors (Lipinski definition) is 1. The second kappa shape index (κ2) is 11.8. The van der Waals surface area contributed by atoms with Crippen LogP contribution in [0.25, 0.3) is 16.8 Å². The van der Waals surface area contributed by atoms with Gasteiger partial charge in [-0.1, -0.05) is 49.8 Å². The number of fused-ring (bicyclic) bond motifs is 1. The van der Waals surface area contributed by atoms with Gasteiger partial charge in [-0.05, 0) is 42.3 Å². The summed E-state index contributed by atoms with van der Waals surface area (Å²) in [6, 6.07) is 6.76. The number of anilines is 1. The summed E-state index contributed by atoms with van der Waals surface area (Å²) in [5.74, 6) is 0.350. The van der Waals surface area contributed by atoms with Gasteiger partial charge in [-0.15, -0.1) is 11.7 Å². The zero-order chi connectivity index (χ0) is 28.2. The smallest absolute Gasteiger partial charge is 0.468 e. The van der Waals surface area contributed by atoms with Gasteiger partial charge in [0, 0.05) is 24.4 Å². The second-order valence-electron chi connectivity index (χ2n) is 10.2. The number of aromatic nitrogens is 3. The van der Waals surface area contributed by atoms with E-state index in [2.05, 4.69) is 33.7 Å². The lowest BCUT2D eigenvalue weighted by atomic mass is 10.0. The van der Waals surface area contributed by atoms with E-state index in [-0.39, 0.29) is 24.4 Å². The minimum Gasteiger partial charge on any atom is -0.468 e. The van der Waals surface area contributed by atoms with E-state index in [4.69, 9.17) is 13.9 Å². The van der Waals surface area contributed by atoms with Crippen LogP contribution >= 0.6 is 0 Å². The van der Waals surface area contributed by atoms with Gasteiger partial charge in [0.1, 0.15) is 18.6 Å². The molecule has 3 heterocycles. The molecule has 0 bridgehead atoms. The maximum atomic E-state index is 14.2. The molecule has 4 atom stereocenters. The van der Waals surface area contributed by atoms with Gasteiger partial charge in [0.2, 0.25) is 11.8 Å². The molecule has 2 unspecified atom stereocenters. The molecule has 1 aliphatic heterocycles. The van der Waals surface area contributed by atoms with Crippen LogP contribution in [-0.2, 0) is 16.0 Å². The molecule has 0 radical (unpaired) electrons. The molecule has 1 fully saturated rings. The summed E-state index contributed by atoms with van der Waals surface area (Å²) in [5, 5.41) is 13.0. The Morgan fingerprint density at radius 3 is 2.74 bits per heavy atom. The summed E-state index contributed by atoms with van der Waals surface area (Å²) < 4.78 is 16.7. The van der Waals surface area contributed by atoms with Crippen LogP contribution < -0.4 is 10.1 Å². The molecule has 2 aromatic heterocycles. The zero-order valence-electron chi connectivity index (χ0n) is 22.9. The Morgan fingerprint density at radius 2 is 2.05 bits per heavy atom. The van der Waals surface area contributed by atoms with Crippen molar-refractivity contribution >= 4 is 34.9 Å². The van der Waals surface area contributed by atoms with Crippen molar-refractivity contribution < 1.29 is 28.0 Å². The Morgan fingerprint density at radius 1 is 1.26 bits per heavy atom. The third kappa shape index (κ3) is 5.56. The Labute approximate surface area is 228 Å². The van der Waals surface area contributed by atoms with E-state index in [1.54, 1.807) is 18.3 Å². The SMILES string of the molecule is C=CCCc1nnc(N[C@H](C(=O)[N+]2(C(=O)OC)CC(Oc3nccc4ccc(C=C)cc34)C[C@H]2C)C(C)C)o1. The predicted molar refractivity (Wildman–Crippen MR) is 148 cm³/mol. The number of nitrogens with zero attached hydrogens (tertiary/aromatic N) is 4. The molecule has 0 saturated carbocycles. The summed E-state index contributed by atoms with van der Waals surface area (Å²) in [5.41, 5.74) is 0.939. The van der Waals surface area contributed by atoms with E-state index < -0.39 is 28.8 Å². The highest BCUT2D eigenvalue weighted by Gasteiger charge is 2.60. The van der Waals surface area contributed by atoms with Crippen LogP contribution in [0.2, 0.25) is 0 Å². The molecule has 1 aromatic carbocycles. The molecular formula is C29H36N5O5+. The molecule has 1 saturated heterocycles. The first-order valence-corrected chi connectivity index (χ1v) is 13.1. The van der Waals surface area contributed by atoms with E-state index in [0.29, 0.717) is 31.0 Å². The second-order valence-corrected chi connectivity index (χ2v) is 10.2. The van der Waals surface area contributed by atoms with Crippen LogP contribution in [-0.4, -0.2) is 63.5 Å². The van der Waals surface area contributed by atoms with Crippen LogP contribution in [0.3, 0.4) is 0 Å². The van der Waals surface area contributed by atoms with Crippen molar-refractivity contribution in [1.29, 1.82) is 0 Å². The van der Waals surface area contributed by atoms with Crippen molar-refractivity contribution in [3.8, 4) is 5.88 Å². The van der Waals surface area contributed by atoms with Gasteiger partial charge in [-0.25, -0.2) is 9.78 Å². The Hall–Kier alpha value is -4.05. The number of aryl methyl sites for hydroxylation is 1. The minimum atomic E-state index is -0.788. The lowest BCUT2D eigenvalue weighted by Gasteiger charge is -2.34. The largest absolute Gasteiger partial charge is 0.523 e. The fourth-order valence-corrected chi connectivity index (χ4v) is 5.11. The van der Waals surface area contributed by atoms with Gasteiger partial charge >= 0.3 is 18.0 Å². The summed E-state index contributed by atoms with van der Waals surface area (Å²) in [7, 11) is 1.29. The number of hydrogen-bond acceptors (Lipinski definition) is 9. The first-order valence-electron chi connectivity index (χ1n) is 13.1. The minimum absolute atomic E-state index is 0.102. The van der Waals surface area contributed by atoms with E-state index in [9.17, 15) is 9.59 Å². The number of ether oxygens (including phenoxy) is 2. The molecular weight excluding hydrogens is 498 g/mol. The normalized spacial score (nSPS) is 21.5. The number of likely N-dealkylation sites (tertiary alicyclic amines) is 1. The predicted octanol–water partition coefficient (Wildman–Crippen LogP) is 5.17. The number of nitrogens with one attached hydrogen (secondary N) is 1. The third-order valence-electron chi connectivity index (χ3n) is 7.25. The first kappa shape index (κ1) is 28.0. The fourth-order valence-electron chi connectivity index (χ4n) is 5.11. The van der Waals surface area contributed by atoms with Crippen LogP contribution in [0.4, 0.5) is 10.8 Å². The quantitative estimate of drug-likeness (QED) is 0.278. The van der Waals surface area contributed by atoms with Crippen LogP contribution in [0.5, 0.6) is 5.88 Å². The number of amides is 2. The molecule has 206 valence electrons. The average Bonchev–Trinajstić information content (AvgIpc) is 3.53. The van der Waals surface area contributed by atoms with E-state index in [1.807, 2.05) is 45.0 Å². The number of carbonyl (C=O) groups excluding carboxylic acids is 2. The van der Waals surface area contributed by atoms with Crippen molar-refractivity contribution in [3.63, 3.8) is 0 Å². The number of allylic oxidation sites excluding steroid dienone is 1. The highest BCUT2D eigenvalue weighted by molar-refractivity contribution is 5.89. The lowest BCUT2D eigenvalue weighted by Crippen LogP contribution is -2.64. The number of benzene rings is 1. The maximum Gasteiger partial charge on any atom is 0.523 e. The molecule has 0 aliphatic carbocycles. The topological polar surface area (TPSA) is 116 Å². The molecule has 10 heteroatoms. The Bertz CT molecular complexity index is 1370. The van der Waals surface area contributed by atoms with Crippen LogP contribution in [0.15, 0.2) is 54.1 Å². The van der Waals surface area contributed by atoms with Crippen LogP contribution in [0, 0.1) is 5.92 Å². The lowest BCUT2D eigenvalue weighted by molar-refractivity contribution is -0.794. The zero-order valence-corrected chi connectivity index (χ0v) is 22.9. The molecule has 0 spiro atoms. The Balaban J connectivity index is 1.62. The molecule has 39 heavy (non-hydrogen) atoms. The Kier molecular flexibility index (Phi) is 8.44. The number of methoxy groups -OCH3 is 1. The molecule has 10 nitrogen and oxygen atoms in total. The molecule has 1 aliphatic rings.